The molecule has 106 valence electrons. The van der Waals surface area contributed by atoms with Crippen LogP contribution in [0.3, 0.4) is 0 Å². The second kappa shape index (κ2) is 8.23. The van der Waals surface area contributed by atoms with Gasteiger partial charge in [0.05, 0.1) is 5.25 Å². The van der Waals surface area contributed by atoms with Gasteiger partial charge in [0.1, 0.15) is 0 Å². The third-order valence-corrected chi connectivity index (χ3v) is 4.11. The van der Waals surface area contributed by atoms with Crippen LogP contribution in [0, 0.1) is 13.8 Å². The summed E-state index contributed by atoms with van der Waals surface area (Å²) in [4.78, 5) is 13.1. The van der Waals surface area contributed by atoms with Gasteiger partial charge in [0, 0.05) is 25.2 Å². The molecule has 1 atom stereocenters. The highest BCUT2D eigenvalue weighted by atomic mass is 32.2. The fourth-order valence-corrected chi connectivity index (χ4v) is 2.71. The van der Waals surface area contributed by atoms with E-state index in [0.29, 0.717) is 13.2 Å². The first-order chi connectivity index (χ1) is 9.04. The lowest BCUT2D eigenvalue weighted by Gasteiger charge is -2.13. The Labute approximate surface area is 120 Å². The number of carbonyl (C=O) groups excluding carboxylic acids is 1. The van der Waals surface area contributed by atoms with Gasteiger partial charge in [0.25, 0.3) is 0 Å². The average molecular weight is 281 g/mol. The molecule has 0 saturated carbocycles. The predicted octanol–water partition coefficient (Wildman–Crippen LogP) is 2.94. The Balaban J connectivity index is 2.45. The minimum atomic E-state index is -0.0797. The van der Waals surface area contributed by atoms with Crippen LogP contribution in [-0.2, 0) is 9.53 Å². The van der Waals surface area contributed by atoms with Crippen LogP contribution in [0.2, 0.25) is 0 Å². The lowest BCUT2D eigenvalue weighted by atomic mass is 10.2. The SMILES string of the molecule is COCCCNC(=O)C(C)Sc1ccc(C)cc1C. The van der Waals surface area contributed by atoms with E-state index in [4.69, 9.17) is 4.74 Å². The highest BCUT2D eigenvalue weighted by Gasteiger charge is 2.14. The second-order valence-electron chi connectivity index (χ2n) is 4.67. The largest absolute Gasteiger partial charge is 0.385 e. The first kappa shape index (κ1) is 16.1. The van der Waals surface area contributed by atoms with E-state index in [-0.39, 0.29) is 11.2 Å². The highest BCUT2D eigenvalue weighted by Crippen LogP contribution is 2.27. The van der Waals surface area contributed by atoms with Gasteiger partial charge >= 0.3 is 0 Å². The van der Waals surface area contributed by atoms with Crippen molar-refractivity contribution in [3.05, 3.63) is 29.3 Å². The number of nitrogens with one attached hydrogen (secondary N) is 1. The third-order valence-electron chi connectivity index (χ3n) is 2.83. The maximum absolute atomic E-state index is 11.9. The van der Waals surface area contributed by atoms with Crippen LogP contribution in [0.15, 0.2) is 23.1 Å². The average Bonchev–Trinajstić information content (AvgIpc) is 2.37. The van der Waals surface area contributed by atoms with Crippen LogP contribution in [0.4, 0.5) is 0 Å². The predicted molar refractivity (Wildman–Crippen MR) is 80.7 cm³/mol. The van der Waals surface area contributed by atoms with Gasteiger partial charge in [-0.1, -0.05) is 17.7 Å². The summed E-state index contributed by atoms with van der Waals surface area (Å²) in [7, 11) is 1.67. The molecule has 19 heavy (non-hydrogen) atoms. The van der Waals surface area contributed by atoms with E-state index in [1.54, 1.807) is 18.9 Å². The Morgan fingerprint density at radius 3 is 2.79 bits per heavy atom. The Kier molecular flexibility index (Phi) is 6.95. The molecular weight excluding hydrogens is 258 g/mol. The van der Waals surface area contributed by atoms with Gasteiger partial charge in [-0.25, -0.2) is 0 Å². The van der Waals surface area contributed by atoms with Crippen LogP contribution in [0.5, 0.6) is 0 Å². The number of ether oxygens (including phenoxy) is 1. The quantitative estimate of drug-likeness (QED) is 0.617. The van der Waals surface area contributed by atoms with Gasteiger partial charge < -0.3 is 10.1 Å². The summed E-state index contributed by atoms with van der Waals surface area (Å²) in [5, 5.41) is 2.85. The summed E-state index contributed by atoms with van der Waals surface area (Å²) in [6, 6.07) is 6.31. The Morgan fingerprint density at radius 2 is 2.16 bits per heavy atom. The molecule has 0 aliphatic heterocycles. The fraction of sp³-hybridized carbons (Fsp3) is 0.533. The van der Waals surface area contributed by atoms with Crippen LogP contribution in [0.25, 0.3) is 0 Å². The lowest BCUT2D eigenvalue weighted by Crippen LogP contribution is -2.32. The molecule has 0 spiro atoms. The fourth-order valence-electron chi connectivity index (χ4n) is 1.75. The van der Waals surface area contributed by atoms with E-state index in [0.717, 1.165) is 6.42 Å². The first-order valence-electron chi connectivity index (χ1n) is 6.55. The molecule has 0 radical (unpaired) electrons. The van der Waals surface area contributed by atoms with Crippen molar-refractivity contribution in [3.63, 3.8) is 0 Å². The molecule has 0 saturated heterocycles. The molecule has 0 aliphatic rings. The van der Waals surface area contributed by atoms with Gasteiger partial charge in [0.15, 0.2) is 0 Å². The van der Waals surface area contributed by atoms with Crippen molar-refractivity contribution in [1.82, 2.24) is 5.32 Å². The number of carbonyl (C=O) groups is 1. The minimum Gasteiger partial charge on any atom is -0.385 e. The van der Waals surface area contributed by atoms with E-state index in [1.165, 1.54) is 16.0 Å². The number of thioether (sulfide) groups is 1. The van der Waals surface area contributed by atoms with Crippen molar-refractivity contribution in [2.45, 2.75) is 37.3 Å². The molecule has 1 N–H and O–H groups in total. The normalized spacial score (nSPS) is 12.2. The van der Waals surface area contributed by atoms with Gasteiger partial charge in [-0.2, -0.15) is 0 Å². The second-order valence-corrected chi connectivity index (χ2v) is 6.05. The molecule has 4 heteroatoms. The molecule has 0 bridgehead atoms. The number of hydrogen-bond acceptors (Lipinski definition) is 3. The number of methoxy groups -OCH3 is 1. The minimum absolute atomic E-state index is 0.0797. The molecule has 0 aromatic heterocycles. The molecule has 1 rings (SSSR count). The highest BCUT2D eigenvalue weighted by molar-refractivity contribution is 8.00. The topological polar surface area (TPSA) is 38.3 Å². The van der Waals surface area contributed by atoms with Gasteiger partial charge in [-0.05, 0) is 38.8 Å². The van der Waals surface area contributed by atoms with E-state index in [2.05, 4.69) is 37.4 Å². The van der Waals surface area contributed by atoms with Crippen molar-refractivity contribution in [2.24, 2.45) is 0 Å². The van der Waals surface area contributed by atoms with Crippen molar-refractivity contribution >= 4 is 17.7 Å². The molecule has 1 amide bonds. The van der Waals surface area contributed by atoms with Gasteiger partial charge in [-0.3, -0.25) is 4.79 Å². The standard InChI is InChI=1S/C15H23NO2S/c1-11-6-7-14(12(2)10-11)19-13(3)15(17)16-8-5-9-18-4/h6-7,10,13H,5,8-9H2,1-4H3,(H,16,17). The number of aryl methyl sites for hydroxylation is 2. The molecule has 1 unspecified atom stereocenters. The molecule has 1 aromatic carbocycles. The number of amides is 1. The molecule has 0 heterocycles. The summed E-state index contributed by atoms with van der Waals surface area (Å²) in [5.41, 5.74) is 2.47. The smallest absolute Gasteiger partial charge is 0.233 e. The lowest BCUT2D eigenvalue weighted by molar-refractivity contribution is -0.120. The monoisotopic (exact) mass is 281 g/mol. The molecular formula is C15H23NO2S. The van der Waals surface area contributed by atoms with E-state index in [1.807, 2.05) is 6.92 Å². The van der Waals surface area contributed by atoms with Crippen LogP contribution < -0.4 is 5.32 Å². The Bertz CT molecular complexity index is 421. The van der Waals surface area contributed by atoms with Crippen molar-refractivity contribution in [3.8, 4) is 0 Å². The summed E-state index contributed by atoms with van der Waals surface area (Å²) < 4.78 is 4.95. The third kappa shape index (κ3) is 5.66. The molecule has 1 aromatic rings. The van der Waals surface area contributed by atoms with Crippen molar-refractivity contribution in [1.29, 1.82) is 0 Å². The van der Waals surface area contributed by atoms with Crippen LogP contribution >= 0.6 is 11.8 Å². The summed E-state index contributed by atoms with van der Waals surface area (Å²) in [6.07, 6.45) is 0.850. The number of hydrogen-bond donors (Lipinski definition) is 1. The maximum Gasteiger partial charge on any atom is 0.233 e. The zero-order valence-corrected chi connectivity index (χ0v) is 13.0. The number of benzene rings is 1. The summed E-state index contributed by atoms with van der Waals surface area (Å²) in [5.74, 6) is 0.0843. The van der Waals surface area contributed by atoms with Crippen LogP contribution in [-0.4, -0.2) is 31.4 Å². The Morgan fingerprint density at radius 1 is 1.42 bits per heavy atom. The Hall–Kier alpha value is -1.00. The van der Waals surface area contributed by atoms with Crippen molar-refractivity contribution < 1.29 is 9.53 Å². The van der Waals surface area contributed by atoms with E-state index in [9.17, 15) is 4.79 Å². The van der Waals surface area contributed by atoms with E-state index >= 15 is 0 Å². The zero-order chi connectivity index (χ0) is 14.3. The van der Waals surface area contributed by atoms with Crippen molar-refractivity contribution in [2.75, 3.05) is 20.3 Å². The van der Waals surface area contributed by atoms with E-state index < -0.39 is 0 Å². The molecule has 3 nitrogen and oxygen atoms in total. The van der Waals surface area contributed by atoms with Gasteiger partial charge in [-0.15, -0.1) is 11.8 Å². The maximum atomic E-state index is 11.9. The summed E-state index contributed by atoms with van der Waals surface area (Å²) >= 11 is 1.61. The molecule has 0 fully saturated rings. The number of rotatable bonds is 7. The summed E-state index contributed by atoms with van der Waals surface area (Å²) in [6.45, 7) is 7.45. The first-order valence-corrected chi connectivity index (χ1v) is 7.43. The van der Waals surface area contributed by atoms with Gasteiger partial charge in [0.2, 0.25) is 5.91 Å². The zero-order valence-electron chi connectivity index (χ0n) is 12.2. The van der Waals surface area contributed by atoms with Crippen LogP contribution in [0.1, 0.15) is 24.5 Å². The molecule has 0 aliphatic carbocycles.